The summed E-state index contributed by atoms with van der Waals surface area (Å²) in [6.07, 6.45) is 5.34. The van der Waals surface area contributed by atoms with Crippen LogP contribution in [0, 0.1) is 5.82 Å². The van der Waals surface area contributed by atoms with Crippen LogP contribution in [-0.4, -0.2) is 28.3 Å². The summed E-state index contributed by atoms with van der Waals surface area (Å²) < 4.78 is 13.0. The standard InChI is InChI=1S/C22H22FNO2S/c23-19-12-10-17(11-13-19)8-5-15-27-21-20(22(25)26)9-4-14-24(21)16-18-6-2-1-3-7-18/h1-4,6-7,9-13H,5,8,14-16H2,(H,25,26). The summed E-state index contributed by atoms with van der Waals surface area (Å²) in [4.78, 5) is 13.8. The normalized spacial score (nSPS) is 13.9. The third kappa shape index (κ3) is 5.47. The second-order valence-corrected chi connectivity index (χ2v) is 7.45. The van der Waals surface area contributed by atoms with E-state index in [1.165, 1.54) is 12.1 Å². The lowest BCUT2D eigenvalue weighted by Crippen LogP contribution is -2.27. The fourth-order valence-corrected chi connectivity index (χ4v) is 4.11. The summed E-state index contributed by atoms with van der Waals surface area (Å²) in [5.74, 6) is -0.317. The second kappa shape index (κ2) is 9.42. The van der Waals surface area contributed by atoms with E-state index >= 15 is 0 Å². The number of carboxylic acids is 1. The van der Waals surface area contributed by atoms with Crippen molar-refractivity contribution in [2.45, 2.75) is 19.4 Å². The maximum Gasteiger partial charge on any atom is 0.338 e. The van der Waals surface area contributed by atoms with Crippen LogP contribution in [0.15, 0.2) is 77.4 Å². The second-order valence-electron chi connectivity index (χ2n) is 6.37. The highest BCUT2D eigenvalue weighted by atomic mass is 32.2. The molecule has 0 saturated carbocycles. The SMILES string of the molecule is O=C(O)C1=C(SCCCc2ccc(F)cc2)N(Cc2ccccc2)CC=C1. The lowest BCUT2D eigenvalue weighted by atomic mass is 10.1. The fourth-order valence-electron chi connectivity index (χ4n) is 2.99. The fraction of sp³-hybridized carbons (Fsp3) is 0.227. The Morgan fingerprint density at radius 2 is 1.81 bits per heavy atom. The van der Waals surface area contributed by atoms with Crippen LogP contribution in [0.5, 0.6) is 0 Å². The minimum absolute atomic E-state index is 0.227. The van der Waals surface area contributed by atoms with Crippen LogP contribution < -0.4 is 0 Å². The molecular formula is C22H22FNO2S. The summed E-state index contributed by atoms with van der Waals surface area (Å²) in [7, 11) is 0. The first-order valence-electron chi connectivity index (χ1n) is 8.93. The zero-order chi connectivity index (χ0) is 19.1. The van der Waals surface area contributed by atoms with Gasteiger partial charge in [-0.1, -0.05) is 48.5 Å². The van der Waals surface area contributed by atoms with Gasteiger partial charge in [0.15, 0.2) is 0 Å². The van der Waals surface area contributed by atoms with Gasteiger partial charge < -0.3 is 10.0 Å². The topological polar surface area (TPSA) is 40.5 Å². The molecule has 1 aliphatic rings. The summed E-state index contributed by atoms with van der Waals surface area (Å²) >= 11 is 1.58. The molecule has 3 nitrogen and oxygen atoms in total. The predicted molar refractivity (Wildman–Crippen MR) is 108 cm³/mol. The van der Waals surface area contributed by atoms with Crippen LogP contribution in [0.25, 0.3) is 0 Å². The molecular weight excluding hydrogens is 361 g/mol. The molecule has 0 fully saturated rings. The smallest absolute Gasteiger partial charge is 0.338 e. The molecule has 0 unspecified atom stereocenters. The van der Waals surface area contributed by atoms with Crippen molar-refractivity contribution < 1.29 is 14.3 Å². The van der Waals surface area contributed by atoms with Crippen molar-refractivity contribution in [2.75, 3.05) is 12.3 Å². The molecule has 0 amide bonds. The molecule has 0 spiro atoms. The number of carboxylic acid groups (broad SMARTS) is 1. The molecule has 1 heterocycles. The molecule has 1 aliphatic heterocycles. The molecule has 0 radical (unpaired) electrons. The van der Waals surface area contributed by atoms with Gasteiger partial charge in [-0.25, -0.2) is 9.18 Å². The summed E-state index contributed by atoms with van der Waals surface area (Å²) in [5.41, 5.74) is 2.60. The van der Waals surface area contributed by atoms with Crippen LogP contribution in [0.3, 0.4) is 0 Å². The molecule has 2 aromatic rings. The first-order valence-corrected chi connectivity index (χ1v) is 9.92. The summed E-state index contributed by atoms with van der Waals surface area (Å²) in [6.45, 7) is 1.38. The molecule has 140 valence electrons. The van der Waals surface area contributed by atoms with Gasteiger partial charge in [-0.3, -0.25) is 0 Å². The van der Waals surface area contributed by atoms with E-state index < -0.39 is 5.97 Å². The van der Waals surface area contributed by atoms with Gasteiger partial charge in [0.1, 0.15) is 5.82 Å². The quantitative estimate of drug-likeness (QED) is 0.661. The van der Waals surface area contributed by atoms with Gasteiger partial charge in [0.05, 0.1) is 10.6 Å². The van der Waals surface area contributed by atoms with Gasteiger partial charge >= 0.3 is 5.97 Å². The Morgan fingerprint density at radius 1 is 1.07 bits per heavy atom. The van der Waals surface area contributed by atoms with Crippen molar-refractivity contribution in [2.24, 2.45) is 0 Å². The monoisotopic (exact) mass is 383 g/mol. The average molecular weight is 383 g/mol. The maximum atomic E-state index is 13.0. The van der Waals surface area contributed by atoms with Crippen molar-refractivity contribution in [3.63, 3.8) is 0 Å². The van der Waals surface area contributed by atoms with Crippen LogP contribution in [0.2, 0.25) is 0 Å². The molecule has 0 saturated heterocycles. The number of benzene rings is 2. The average Bonchev–Trinajstić information content (AvgIpc) is 2.68. The van der Waals surface area contributed by atoms with E-state index in [4.69, 9.17) is 0 Å². The lowest BCUT2D eigenvalue weighted by Gasteiger charge is -2.29. The molecule has 0 bridgehead atoms. The number of aliphatic carboxylic acids is 1. The number of nitrogens with zero attached hydrogens (tertiary/aromatic N) is 1. The van der Waals surface area contributed by atoms with E-state index in [0.717, 1.165) is 34.8 Å². The Hall–Kier alpha value is -2.53. The Kier molecular flexibility index (Phi) is 6.71. The van der Waals surface area contributed by atoms with Gasteiger partial charge in [0.2, 0.25) is 0 Å². The van der Waals surface area contributed by atoms with Gasteiger partial charge in [-0.2, -0.15) is 0 Å². The van der Waals surface area contributed by atoms with Crippen LogP contribution in [0.1, 0.15) is 17.5 Å². The molecule has 2 aromatic carbocycles. The number of hydrogen-bond acceptors (Lipinski definition) is 3. The zero-order valence-corrected chi connectivity index (χ0v) is 15.8. The van der Waals surface area contributed by atoms with Gasteiger partial charge in [0.25, 0.3) is 0 Å². The van der Waals surface area contributed by atoms with Gasteiger partial charge in [-0.15, -0.1) is 11.8 Å². The van der Waals surface area contributed by atoms with Gasteiger partial charge in [0, 0.05) is 13.1 Å². The Bertz CT molecular complexity index is 831. The highest BCUT2D eigenvalue weighted by molar-refractivity contribution is 8.03. The molecule has 5 heteroatoms. The lowest BCUT2D eigenvalue weighted by molar-refractivity contribution is -0.132. The number of aryl methyl sites for hydroxylation is 1. The number of hydrogen-bond donors (Lipinski definition) is 1. The predicted octanol–water partition coefficient (Wildman–Crippen LogP) is 4.86. The van der Waals surface area contributed by atoms with Gasteiger partial charge in [-0.05, 0) is 47.9 Å². The Balaban J connectivity index is 1.64. The Labute approximate surface area is 163 Å². The van der Waals surface area contributed by atoms with Crippen LogP contribution >= 0.6 is 11.8 Å². The van der Waals surface area contributed by atoms with E-state index in [1.54, 1.807) is 30.0 Å². The summed E-state index contributed by atoms with van der Waals surface area (Å²) in [6, 6.07) is 16.6. The number of carbonyl (C=O) groups is 1. The molecule has 0 aliphatic carbocycles. The van der Waals surface area contributed by atoms with Crippen LogP contribution in [0.4, 0.5) is 4.39 Å². The maximum absolute atomic E-state index is 13.0. The van der Waals surface area contributed by atoms with Crippen molar-refractivity contribution in [3.8, 4) is 0 Å². The minimum Gasteiger partial charge on any atom is -0.478 e. The van der Waals surface area contributed by atoms with Crippen molar-refractivity contribution in [1.29, 1.82) is 0 Å². The zero-order valence-electron chi connectivity index (χ0n) is 15.0. The minimum atomic E-state index is -0.898. The van der Waals surface area contributed by atoms with Crippen molar-refractivity contribution in [3.05, 3.63) is 94.3 Å². The van der Waals surface area contributed by atoms with E-state index in [0.29, 0.717) is 18.7 Å². The first-order chi connectivity index (χ1) is 13.1. The molecule has 3 rings (SSSR count). The third-order valence-electron chi connectivity index (χ3n) is 4.34. The molecule has 27 heavy (non-hydrogen) atoms. The van der Waals surface area contributed by atoms with Crippen LogP contribution in [-0.2, 0) is 17.8 Å². The Morgan fingerprint density at radius 3 is 2.52 bits per heavy atom. The number of halogens is 1. The first kappa shape index (κ1) is 19.2. The van der Waals surface area contributed by atoms with E-state index in [2.05, 4.69) is 17.0 Å². The highest BCUT2D eigenvalue weighted by Crippen LogP contribution is 2.30. The van der Waals surface area contributed by atoms with E-state index in [-0.39, 0.29) is 5.82 Å². The van der Waals surface area contributed by atoms with E-state index in [1.807, 2.05) is 24.3 Å². The molecule has 0 atom stereocenters. The molecule has 0 aromatic heterocycles. The number of rotatable bonds is 8. The summed E-state index contributed by atoms with van der Waals surface area (Å²) in [5, 5.41) is 10.4. The third-order valence-corrected chi connectivity index (χ3v) is 5.58. The molecule has 1 N–H and O–H groups in total. The van der Waals surface area contributed by atoms with Crippen molar-refractivity contribution in [1.82, 2.24) is 4.90 Å². The largest absolute Gasteiger partial charge is 0.478 e. The highest BCUT2D eigenvalue weighted by Gasteiger charge is 2.21. The van der Waals surface area contributed by atoms with Crippen molar-refractivity contribution >= 4 is 17.7 Å². The number of thioether (sulfide) groups is 1. The van der Waals surface area contributed by atoms with E-state index in [9.17, 15) is 14.3 Å².